The Morgan fingerprint density at radius 2 is 1.62 bits per heavy atom. The third kappa shape index (κ3) is 3.95. The highest BCUT2D eigenvalue weighted by Gasteiger charge is 2.32. The minimum absolute atomic E-state index is 0.443. The summed E-state index contributed by atoms with van der Waals surface area (Å²) in [6.07, 6.45) is 8.97. The van der Waals surface area contributed by atoms with Crippen LogP contribution in [0.1, 0.15) is 93.1 Å². The van der Waals surface area contributed by atoms with Crippen LogP contribution in [0.15, 0.2) is 52.9 Å². The van der Waals surface area contributed by atoms with E-state index in [1.807, 2.05) is 6.92 Å². The van der Waals surface area contributed by atoms with Gasteiger partial charge in [-0.3, -0.25) is 4.98 Å². The van der Waals surface area contributed by atoms with Gasteiger partial charge in [-0.1, -0.05) is 44.9 Å². The SMILES string of the molecule is Cc1cc(-c2nc(C3CCCC3)cc3cc(C4CCC(C)(C)C4)ccc23)c2oc3nc(C)ccc3c2c1. The number of hydrogen-bond donors (Lipinski definition) is 0. The predicted octanol–water partition coefficient (Wildman–Crippen LogP) is 9.76. The number of nitrogens with zero attached hydrogens (tertiary/aromatic N) is 2. The van der Waals surface area contributed by atoms with E-state index in [4.69, 9.17) is 14.4 Å². The van der Waals surface area contributed by atoms with Crippen LogP contribution in [0.25, 0.3) is 44.1 Å². The van der Waals surface area contributed by atoms with Crippen LogP contribution in [0.5, 0.6) is 0 Å². The van der Waals surface area contributed by atoms with E-state index in [2.05, 4.69) is 69.3 Å². The summed E-state index contributed by atoms with van der Waals surface area (Å²) in [5.41, 5.74) is 9.14. The molecule has 0 aliphatic heterocycles. The second-order valence-electron chi connectivity index (χ2n) is 12.6. The van der Waals surface area contributed by atoms with E-state index >= 15 is 0 Å². The van der Waals surface area contributed by atoms with Gasteiger partial charge in [0.2, 0.25) is 5.71 Å². The van der Waals surface area contributed by atoms with Crippen LogP contribution < -0.4 is 0 Å². The maximum atomic E-state index is 6.46. The van der Waals surface area contributed by atoms with Crippen molar-refractivity contribution in [3.05, 3.63) is 71.0 Å². The average molecular weight is 489 g/mol. The number of benzene rings is 2. The molecule has 2 aliphatic carbocycles. The molecule has 0 spiro atoms. The van der Waals surface area contributed by atoms with Crippen molar-refractivity contribution in [1.82, 2.24) is 9.97 Å². The third-order valence-electron chi connectivity index (χ3n) is 9.07. The molecule has 7 rings (SSSR count). The largest absolute Gasteiger partial charge is 0.437 e. The van der Waals surface area contributed by atoms with Gasteiger partial charge in [-0.2, -0.15) is 0 Å². The van der Waals surface area contributed by atoms with E-state index < -0.39 is 0 Å². The van der Waals surface area contributed by atoms with Crippen LogP contribution in [-0.2, 0) is 0 Å². The van der Waals surface area contributed by atoms with Gasteiger partial charge < -0.3 is 4.42 Å². The van der Waals surface area contributed by atoms with Crippen molar-refractivity contribution in [2.75, 3.05) is 0 Å². The van der Waals surface area contributed by atoms with Crippen LogP contribution >= 0.6 is 0 Å². The standard InChI is InChI=1S/C34H36N2O/c1-20-15-28-27-11-9-21(2)35-33(27)37-32(28)29(16-20)31-26-12-10-23(24-13-14-34(3,4)19-24)17-25(26)18-30(36-31)22-7-5-6-8-22/h9-12,15-18,22,24H,5-8,13-14,19H2,1-4H3. The van der Waals surface area contributed by atoms with Gasteiger partial charge in [-0.25, -0.2) is 4.98 Å². The van der Waals surface area contributed by atoms with Crippen molar-refractivity contribution < 1.29 is 4.42 Å². The summed E-state index contributed by atoms with van der Waals surface area (Å²) >= 11 is 0. The minimum atomic E-state index is 0.443. The number of fused-ring (bicyclic) bond motifs is 4. The summed E-state index contributed by atoms with van der Waals surface area (Å²) in [6.45, 7) is 9.02. The van der Waals surface area contributed by atoms with Crippen molar-refractivity contribution in [2.24, 2.45) is 5.41 Å². The second kappa shape index (κ2) is 8.41. The number of rotatable bonds is 3. The molecule has 1 unspecified atom stereocenters. The Morgan fingerprint density at radius 1 is 0.811 bits per heavy atom. The summed E-state index contributed by atoms with van der Waals surface area (Å²) in [6, 6.07) is 18.3. The van der Waals surface area contributed by atoms with E-state index in [0.29, 0.717) is 23.0 Å². The maximum Gasteiger partial charge on any atom is 0.227 e. The molecule has 188 valence electrons. The highest BCUT2D eigenvalue weighted by molar-refractivity contribution is 6.11. The molecule has 0 amide bonds. The fraction of sp³-hybridized carbons (Fsp3) is 0.412. The molecule has 1 atom stereocenters. The molecule has 2 aromatic carbocycles. The summed E-state index contributed by atoms with van der Waals surface area (Å²) in [4.78, 5) is 10.1. The lowest BCUT2D eigenvalue weighted by Gasteiger charge is -2.19. The smallest absolute Gasteiger partial charge is 0.227 e. The molecule has 5 aromatic rings. The van der Waals surface area contributed by atoms with Gasteiger partial charge in [0, 0.05) is 39.0 Å². The molecule has 0 saturated heterocycles. The monoisotopic (exact) mass is 488 g/mol. The predicted molar refractivity (Wildman–Crippen MR) is 153 cm³/mol. The van der Waals surface area contributed by atoms with Gasteiger partial charge in [0.05, 0.1) is 5.69 Å². The first-order valence-corrected chi connectivity index (χ1v) is 14.1. The van der Waals surface area contributed by atoms with E-state index in [1.54, 1.807) is 0 Å². The molecular weight excluding hydrogens is 452 g/mol. The van der Waals surface area contributed by atoms with Gasteiger partial charge in [0.1, 0.15) is 5.58 Å². The van der Waals surface area contributed by atoms with Crippen molar-refractivity contribution in [2.45, 2.75) is 84.5 Å². The van der Waals surface area contributed by atoms with E-state index in [0.717, 1.165) is 33.3 Å². The van der Waals surface area contributed by atoms with E-state index in [1.165, 1.54) is 72.5 Å². The molecule has 0 radical (unpaired) electrons. The first-order chi connectivity index (χ1) is 17.8. The molecule has 3 heteroatoms. The van der Waals surface area contributed by atoms with Gasteiger partial charge in [0.25, 0.3) is 0 Å². The first kappa shape index (κ1) is 23.0. The van der Waals surface area contributed by atoms with Gasteiger partial charge >= 0.3 is 0 Å². The van der Waals surface area contributed by atoms with Crippen molar-refractivity contribution in [3.8, 4) is 11.3 Å². The lowest BCUT2D eigenvalue weighted by Crippen LogP contribution is -2.04. The van der Waals surface area contributed by atoms with Gasteiger partial charge in [-0.05, 0) is 104 Å². The Bertz CT molecular complexity index is 1670. The fourth-order valence-corrected chi connectivity index (χ4v) is 7.08. The normalized spacial score (nSPS) is 20.1. The summed E-state index contributed by atoms with van der Waals surface area (Å²) in [5, 5.41) is 4.75. The van der Waals surface area contributed by atoms with Crippen LogP contribution in [-0.4, -0.2) is 9.97 Å². The molecule has 2 fully saturated rings. The molecular formula is C34H36N2O. The van der Waals surface area contributed by atoms with Crippen molar-refractivity contribution in [1.29, 1.82) is 0 Å². The van der Waals surface area contributed by atoms with Crippen LogP contribution in [0.2, 0.25) is 0 Å². The second-order valence-corrected chi connectivity index (χ2v) is 12.6. The molecule has 0 bridgehead atoms. The average Bonchev–Trinajstić information content (AvgIpc) is 3.61. The molecule has 37 heavy (non-hydrogen) atoms. The van der Waals surface area contributed by atoms with Gasteiger partial charge in [-0.15, -0.1) is 0 Å². The Labute approximate surface area is 219 Å². The lowest BCUT2D eigenvalue weighted by molar-refractivity contribution is 0.376. The summed E-state index contributed by atoms with van der Waals surface area (Å²) in [7, 11) is 0. The third-order valence-corrected chi connectivity index (χ3v) is 9.07. The highest BCUT2D eigenvalue weighted by atomic mass is 16.3. The zero-order valence-electron chi connectivity index (χ0n) is 22.5. The van der Waals surface area contributed by atoms with Crippen LogP contribution in [0.3, 0.4) is 0 Å². The van der Waals surface area contributed by atoms with Gasteiger partial charge in [0.15, 0.2) is 0 Å². The Morgan fingerprint density at radius 3 is 2.41 bits per heavy atom. The Balaban J connectivity index is 1.47. The summed E-state index contributed by atoms with van der Waals surface area (Å²) < 4.78 is 6.46. The quantitative estimate of drug-likeness (QED) is 0.254. The van der Waals surface area contributed by atoms with Crippen LogP contribution in [0.4, 0.5) is 0 Å². The molecule has 2 aliphatic rings. The highest BCUT2D eigenvalue weighted by Crippen LogP contribution is 2.47. The number of furan rings is 1. The van der Waals surface area contributed by atoms with Crippen LogP contribution in [0, 0.1) is 19.3 Å². The number of aryl methyl sites for hydroxylation is 2. The summed E-state index contributed by atoms with van der Waals surface area (Å²) in [5.74, 6) is 1.21. The Hall–Kier alpha value is -3.20. The zero-order valence-corrected chi connectivity index (χ0v) is 22.5. The molecule has 0 N–H and O–H groups in total. The lowest BCUT2D eigenvalue weighted by atomic mass is 9.87. The topological polar surface area (TPSA) is 38.9 Å². The Kier molecular flexibility index (Phi) is 5.22. The molecule has 3 aromatic heterocycles. The molecule has 3 heterocycles. The molecule has 3 nitrogen and oxygen atoms in total. The first-order valence-electron chi connectivity index (χ1n) is 14.1. The number of pyridine rings is 2. The fourth-order valence-electron chi connectivity index (χ4n) is 7.08. The molecule has 2 saturated carbocycles. The van der Waals surface area contributed by atoms with E-state index in [9.17, 15) is 0 Å². The minimum Gasteiger partial charge on any atom is -0.437 e. The zero-order chi connectivity index (χ0) is 25.3. The van der Waals surface area contributed by atoms with Crippen molar-refractivity contribution >= 4 is 32.8 Å². The number of aromatic nitrogens is 2. The maximum absolute atomic E-state index is 6.46. The van der Waals surface area contributed by atoms with Crippen molar-refractivity contribution in [3.63, 3.8) is 0 Å². The number of hydrogen-bond acceptors (Lipinski definition) is 3. The van der Waals surface area contributed by atoms with E-state index in [-0.39, 0.29) is 0 Å².